The predicted molar refractivity (Wildman–Crippen MR) is 96.2 cm³/mol. The van der Waals surface area contributed by atoms with Gasteiger partial charge in [0.2, 0.25) is 5.91 Å². The first-order valence-electron chi connectivity index (χ1n) is 8.38. The van der Waals surface area contributed by atoms with E-state index in [0.717, 1.165) is 11.3 Å². The van der Waals surface area contributed by atoms with Crippen molar-refractivity contribution in [1.29, 1.82) is 0 Å². The summed E-state index contributed by atoms with van der Waals surface area (Å²) in [5, 5.41) is 12.4. The zero-order valence-electron chi connectivity index (χ0n) is 14.2. The number of hydrogen-bond acceptors (Lipinski definition) is 3. The molecule has 1 aliphatic heterocycles. The highest BCUT2D eigenvalue weighted by Gasteiger charge is 2.44. The van der Waals surface area contributed by atoms with E-state index in [4.69, 9.17) is 0 Å². The minimum absolute atomic E-state index is 0.146. The van der Waals surface area contributed by atoms with Crippen LogP contribution in [0.2, 0.25) is 0 Å². The highest BCUT2D eigenvalue weighted by atomic mass is 16.4. The third-order valence-corrected chi connectivity index (χ3v) is 4.79. The van der Waals surface area contributed by atoms with Crippen LogP contribution in [-0.2, 0) is 9.59 Å². The van der Waals surface area contributed by atoms with Gasteiger partial charge in [-0.2, -0.15) is 0 Å². The van der Waals surface area contributed by atoms with Crippen LogP contribution in [-0.4, -0.2) is 35.0 Å². The van der Waals surface area contributed by atoms with Crippen molar-refractivity contribution in [3.8, 4) is 0 Å². The van der Waals surface area contributed by atoms with Gasteiger partial charge in [-0.05, 0) is 31.0 Å². The lowest BCUT2D eigenvalue weighted by Crippen LogP contribution is -2.38. The van der Waals surface area contributed by atoms with Gasteiger partial charge >= 0.3 is 5.97 Å². The van der Waals surface area contributed by atoms with Crippen molar-refractivity contribution < 1.29 is 14.7 Å². The fourth-order valence-corrected chi connectivity index (χ4v) is 3.29. The number of nitrogens with zero attached hydrogens (tertiary/aromatic N) is 1. The fraction of sp³-hybridized carbons (Fsp3) is 0.300. The number of carboxylic acid groups (broad SMARTS) is 1. The lowest BCUT2D eigenvalue weighted by Gasteiger charge is -2.28. The summed E-state index contributed by atoms with van der Waals surface area (Å²) in [7, 11) is 0. The molecule has 5 heteroatoms. The van der Waals surface area contributed by atoms with E-state index < -0.39 is 17.4 Å². The van der Waals surface area contributed by atoms with Crippen molar-refractivity contribution in [3.05, 3.63) is 66.2 Å². The second kappa shape index (κ2) is 7.07. The molecule has 130 valence electrons. The molecule has 25 heavy (non-hydrogen) atoms. The first-order valence-corrected chi connectivity index (χ1v) is 8.38. The average Bonchev–Trinajstić information content (AvgIpc) is 3.00. The fourth-order valence-electron chi connectivity index (χ4n) is 3.29. The average molecular weight is 338 g/mol. The minimum Gasteiger partial charge on any atom is -0.481 e. The lowest BCUT2D eigenvalue weighted by molar-refractivity contribution is -0.147. The largest absolute Gasteiger partial charge is 0.481 e. The molecule has 2 atom stereocenters. The van der Waals surface area contributed by atoms with Crippen LogP contribution in [0.4, 0.5) is 5.69 Å². The number of carboxylic acids is 1. The van der Waals surface area contributed by atoms with E-state index in [9.17, 15) is 14.7 Å². The van der Waals surface area contributed by atoms with Crippen LogP contribution in [0.3, 0.4) is 0 Å². The molecule has 1 fully saturated rings. The summed E-state index contributed by atoms with van der Waals surface area (Å²) < 4.78 is 0. The summed E-state index contributed by atoms with van der Waals surface area (Å²) in [6, 6.07) is 18.3. The Morgan fingerprint density at radius 1 is 1.08 bits per heavy atom. The lowest BCUT2D eigenvalue weighted by atomic mass is 9.90. The molecule has 2 aromatic rings. The molecule has 5 nitrogen and oxygen atoms in total. The van der Waals surface area contributed by atoms with Crippen LogP contribution >= 0.6 is 0 Å². The Balaban J connectivity index is 1.86. The first kappa shape index (κ1) is 17.2. The van der Waals surface area contributed by atoms with Crippen molar-refractivity contribution in [2.24, 2.45) is 5.41 Å². The van der Waals surface area contributed by atoms with Crippen LogP contribution in [0.5, 0.6) is 0 Å². The molecule has 0 bridgehead atoms. The monoisotopic (exact) mass is 338 g/mol. The van der Waals surface area contributed by atoms with Gasteiger partial charge in [0, 0.05) is 18.8 Å². The van der Waals surface area contributed by atoms with Crippen LogP contribution < -0.4 is 5.32 Å². The van der Waals surface area contributed by atoms with Crippen LogP contribution in [0.1, 0.15) is 24.9 Å². The highest BCUT2D eigenvalue weighted by molar-refractivity contribution is 5.95. The molecule has 1 amide bonds. The molecule has 1 heterocycles. The van der Waals surface area contributed by atoms with E-state index in [1.54, 1.807) is 6.92 Å². The van der Waals surface area contributed by atoms with Crippen LogP contribution in [0.15, 0.2) is 60.7 Å². The van der Waals surface area contributed by atoms with E-state index in [0.29, 0.717) is 19.5 Å². The maximum atomic E-state index is 13.0. The van der Waals surface area contributed by atoms with Gasteiger partial charge in [-0.3, -0.25) is 14.5 Å². The van der Waals surface area contributed by atoms with Gasteiger partial charge in [-0.15, -0.1) is 0 Å². The summed E-state index contributed by atoms with van der Waals surface area (Å²) in [5.74, 6) is -0.961. The number of aliphatic carboxylic acids is 1. The number of hydrogen-bond donors (Lipinski definition) is 2. The molecule has 3 rings (SSSR count). The maximum absolute atomic E-state index is 13.0. The highest BCUT2D eigenvalue weighted by Crippen LogP contribution is 2.36. The van der Waals surface area contributed by atoms with Gasteiger partial charge in [0.1, 0.15) is 6.04 Å². The third kappa shape index (κ3) is 3.72. The van der Waals surface area contributed by atoms with Gasteiger partial charge in [-0.1, -0.05) is 48.5 Å². The van der Waals surface area contributed by atoms with E-state index in [1.807, 2.05) is 65.6 Å². The third-order valence-electron chi connectivity index (χ3n) is 4.79. The normalized spacial score (nSPS) is 21.6. The number of carbonyl (C=O) groups excluding carboxylic acids is 1. The van der Waals surface area contributed by atoms with Gasteiger partial charge in [0.15, 0.2) is 0 Å². The van der Waals surface area contributed by atoms with Gasteiger partial charge in [0.25, 0.3) is 0 Å². The standard InChI is InChI=1S/C20H22N2O3/c1-20(19(24)25)12-13-22(14-20)17(15-8-4-2-5-9-15)18(23)21-16-10-6-3-7-11-16/h2-11,17H,12-14H2,1H3,(H,21,23)(H,24,25). The molecule has 1 aliphatic rings. The Bertz CT molecular complexity index is 748. The molecule has 0 radical (unpaired) electrons. The smallest absolute Gasteiger partial charge is 0.310 e. The van der Waals surface area contributed by atoms with Crippen molar-refractivity contribution in [2.75, 3.05) is 18.4 Å². The number of carbonyl (C=O) groups is 2. The molecule has 0 aliphatic carbocycles. The topological polar surface area (TPSA) is 69.6 Å². The van der Waals surface area contributed by atoms with E-state index in [-0.39, 0.29) is 5.91 Å². The summed E-state index contributed by atoms with van der Waals surface area (Å²) in [4.78, 5) is 26.5. The molecular weight excluding hydrogens is 316 g/mol. The Hall–Kier alpha value is -2.66. The Morgan fingerprint density at radius 3 is 2.24 bits per heavy atom. The van der Waals surface area contributed by atoms with Crippen LogP contribution in [0, 0.1) is 5.41 Å². The number of nitrogens with one attached hydrogen (secondary N) is 1. The molecule has 0 saturated carbocycles. The second-order valence-corrected chi connectivity index (χ2v) is 6.75. The molecular formula is C20H22N2O3. The Kier molecular flexibility index (Phi) is 4.86. The van der Waals surface area contributed by atoms with Crippen LogP contribution in [0.25, 0.3) is 0 Å². The number of anilines is 1. The molecule has 2 N–H and O–H groups in total. The SMILES string of the molecule is CC1(C(=O)O)CCN(C(C(=O)Nc2ccccc2)c2ccccc2)C1. The van der Waals surface area contributed by atoms with Crippen molar-refractivity contribution in [2.45, 2.75) is 19.4 Å². The molecule has 0 aromatic heterocycles. The van der Waals surface area contributed by atoms with Gasteiger partial charge in [0.05, 0.1) is 5.41 Å². The number of rotatable bonds is 5. The van der Waals surface area contributed by atoms with Gasteiger partial charge in [-0.25, -0.2) is 0 Å². The van der Waals surface area contributed by atoms with Crippen molar-refractivity contribution >= 4 is 17.6 Å². The zero-order chi connectivity index (χ0) is 17.9. The Morgan fingerprint density at radius 2 is 1.68 bits per heavy atom. The predicted octanol–water partition coefficient (Wildman–Crippen LogP) is 3.16. The minimum atomic E-state index is -0.819. The number of benzene rings is 2. The van der Waals surface area contributed by atoms with Gasteiger partial charge < -0.3 is 10.4 Å². The number of para-hydroxylation sites is 1. The number of likely N-dealkylation sites (tertiary alicyclic amines) is 1. The van der Waals surface area contributed by atoms with Crippen molar-refractivity contribution in [1.82, 2.24) is 4.90 Å². The summed E-state index contributed by atoms with van der Waals surface area (Å²) >= 11 is 0. The summed E-state index contributed by atoms with van der Waals surface area (Å²) in [5.41, 5.74) is 0.777. The quantitative estimate of drug-likeness (QED) is 0.878. The Labute approximate surface area is 147 Å². The second-order valence-electron chi connectivity index (χ2n) is 6.75. The summed E-state index contributed by atoms with van der Waals surface area (Å²) in [6.07, 6.45) is 0.532. The zero-order valence-corrected chi connectivity index (χ0v) is 14.2. The van der Waals surface area contributed by atoms with E-state index in [2.05, 4.69) is 5.32 Å². The molecule has 0 spiro atoms. The maximum Gasteiger partial charge on any atom is 0.310 e. The van der Waals surface area contributed by atoms with E-state index in [1.165, 1.54) is 0 Å². The molecule has 1 saturated heterocycles. The van der Waals surface area contributed by atoms with Crippen molar-refractivity contribution in [3.63, 3.8) is 0 Å². The molecule has 2 aromatic carbocycles. The first-order chi connectivity index (χ1) is 12.0. The summed E-state index contributed by atoms with van der Waals surface area (Å²) in [6.45, 7) is 2.67. The van der Waals surface area contributed by atoms with E-state index >= 15 is 0 Å². The molecule has 2 unspecified atom stereocenters. The number of amides is 1.